The summed E-state index contributed by atoms with van der Waals surface area (Å²) >= 11 is 0. The summed E-state index contributed by atoms with van der Waals surface area (Å²) in [5.41, 5.74) is 2.27. The van der Waals surface area contributed by atoms with Crippen molar-refractivity contribution in [1.82, 2.24) is 4.57 Å². The van der Waals surface area contributed by atoms with Crippen LogP contribution in [0.4, 0.5) is 5.88 Å². The summed E-state index contributed by atoms with van der Waals surface area (Å²) in [5.74, 6) is 0.355. The van der Waals surface area contributed by atoms with Crippen molar-refractivity contribution in [3.05, 3.63) is 64.0 Å². The second kappa shape index (κ2) is 4.28. The van der Waals surface area contributed by atoms with E-state index in [9.17, 15) is 10.1 Å². The molecule has 0 bridgehead atoms. The highest BCUT2D eigenvalue weighted by Crippen LogP contribution is 2.21. The number of furan rings is 1. The van der Waals surface area contributed by atoms with Crippen LogP contribution in [-0.2, 0) is 6.54 Å². The van der Waals surface area contributed by atoms with Crippen molar-refractivity contribution in [3.8, 4) is 0 Å². The lowest BCUT2D eigenvalue weighted by Crippen LogP contribution is -1.96. The number of aromatic nitrogens is 1. The Labute approximate surface area is 109 Å². The number of benzene rings is 1. The number of nitro groups is 1. The molecule has 3 rings (SSSR count). The molecule has 0 saturated carbocycles. The van der Waals surface area contributed by atoms with E-state index in [1.807, 2.05) is 23.8 Å². The van der Waals surface area contributed by atoms with Gasteiger partial charge in [-0.1, -0.05) is 12.1 Å². The van der Waals surface area contributed by atoms with Crippen LogP contribution >= 0.6 is 0 Å². The molecule has 0 saturated heterocycles. The van der Waals surface area contributed by atoms with Crippen LogP contribution < -0.4 is 0 Å². The Morgan fingerprint density at radius 1 is 1.26 bits per heavy atom. The molecule has 0 atom stereocenters. The summed E-state index contributed by atoms with van der Waals surface area (Å²) < 4.78 is 7.20. The summed E-state index contributed by atoms with van der Waals surface area (Å²) in [7, 11) is 0. The molecule has 0 fully saturated rings. The third-order valence-electron chi connectivity index (χ3n) is 3.08. The molecule has 0 aliphatic rings. The Morgan fingerprint density at radius 3 is 2.84 bits per heavy atom. The largest absolute Gasteiger partial charge is 0.433 e. The molecule has 3 aromatic rings. The van der Waals surface area contributed by atoms with Crippen molar-refractivity contribution in [3.63, 3.8) is 0 Å². The quantitative estimate of drug-likeness (QED) is 0.532. The van der Waals surface area contributed by atoms with Gasteiger partial charge >= 0.3 is 5.88 Å². The summed E-state index contributed by atoms with van der Waals surface area (Å²) in [6.07, 6.45) is 1.96. The number of nitrogens with zero attached hydrogens (tertiary/aromatic N) is 2. The summed E-state index contributed by atoms with van der Waals surface area (Å²) in [4.78, 5) is 10.1. The predicted molar refractivity (Wildman–Crippen MR) is 71.1 cm³/mol. The molecule has 96 valence electrons. The monoisotopic (exact) mass is 256 g/mol. The average Bonchev–Trinajstić information content (AvgIpc) is 2.98. The van der Waals surface area contributed by atoms with Crippen LogP contribution in [0.3, 0.4) is 0 Å². The topological polar surface area (TPSA) is 61.2 Å². The molecule has 0 spiro atoms. The SMILES string of the molecule is Cc1ccc2ccn(Cc3ccc([N+](=O)[O-])o3)c2c1. The van der Waals surface area contributed by atoms with Crippen LogP contribution in [0.1, 0.15) is 11.3 Å². The highest BCUT2D eigenvalue weighted by atomic mass is 16.6. The van der Waals surface area contributed by atoms with E-state index in [-0.39, 0.29) is 5.88 Å². The number of aryl methyl sites for hydroxylation is 1. The van der Waals surface area contributed by atoms with Gasteiger partial charge in [0.2, 0.25) is 0 Å². The lowest BCUT2D eigenvalue weighted by atomic mass is 10.2. The minimum atomic E-state index is -0.526. The first kappa shape index (κ1) is 11.5. The van der Waals surface area contributed by atoms with Crippen molar-refractivity contribution in [2.45, 2.75) is 13.5 Å². The second-order valence-electron chi connectivity index (χ2n) is 4.50. The molecule has 2 aromatic heterocycles. The molecule has 0 aliphatic carbocycles. The van der Waals surface area contributed by atoms with Gasteiger partial charge in [-0.3, -0.25) is 10.1 Å². The van der Waals surface area contributed by atoms with Crippen LogP contribution in [0.5, 0.6) is 0 Å². The maximum absolute atomic E-state index is 10.6. The molecular weight excluding hydrogens is 244 g/mol. The van der Waals surface area contributed by atoms with Gasteiger partial charge in [0.15, 0.2) is 0 Å². The fraction of sp³-hybridized carbons (Fsp3) is 0.143. The van der Waals surface area contributed by atoms with Gasteiger partial charge in [-0.05, 0) is 36.1 Å². The fourth-order valence-electron chi connectivity index (χ4n) is 2.15. The van der Waals surface area contributed by atoms with E-state index in [1.54, 1.807) is 6.07 Å². The third-order valence-corrected chi connectivity index (χ3v) is 3.08. The zero-order chi connectivity index (χ0) is 13.4. The normalized spacial score (nSPS) is 11.0. The molecule has 5 heteroatoms. The Kier molecular flexibility index (Phi) is 2.59. The Bertz CT molecular complexity index is 755. The van der Waals surface area contributed by atoms with E-state index in [0.29, 0.717) is 12.3 Å². The standard InChI is InChI=1S/C14H12N2O3/c1-10-2-3-11-6-7-15(13(11)8-10)9-12-4-5-14(19-12)16(17)18/h2-8H,9H2,1H3. The van der Waals surface area contributed by atoms with Crippen LogP contribution in [0.15, 0.2) is 47.0 Å². The van der Waals surface area contributed by atoms with Crippen molar-refractivity contribution in [1.29, 1.82) is 0 Å². The lowest BCUT2D eigenvalue weighted by Gasteiger charge is -2.03. The third kappa shape index (κ3) is 2.10. The molecule has 1 aromatic carbocycles. The van der Waals surface area contributed by atoms with Gasteiger partial charge in [0, 0.05) is 11.7 Å². The van der Waals surface area contributed by atoms with E-state index in [4.69, 9.17) is 4.42 Å². The highest BCUT2D eigenvalue weighted by Gasteiger charge is 2.12. The zero-order valence-electron chi connectivity index (χ0n) is 10.4. The molecule has 19 heavy (non-hydrogen) atoms. The van der Waals surface area contributed by atoms with Crippen LogP contribution in [0.25, 0.3) is 10.9 Å². The minimum absolute atomic E-state index is 0.220. The van der Waals surface area contributed by atoms with E-state index in [1.165, 1.54) is 11.6 Å². The van der Waals surface area contributed by atoms with Gasteiger partial charge in [-0.15, -0.1) is 0 Å². The average molecular weight is 256 g/mol. The lowest BCUT2D eigenvalue weighted by molar-refractivity contribution is -0.402. The Hall–Kier alpha value is -2.56. The van der Waals surface area contributed by atoms with Crippen molar-refractivity contribution in [2.75, 3.05) is 0 Å². The van der Waals surface area contributed by atoms with Gasteiger partial charge in [0.05, 0.1) is 12.6 Å². The smallest absolute Gasteiger partial charge is 0.404 e. The van der Waals surface area contributed by atoms with Gasteiger partial charge in [0.25, 0.3) is 0 Å². The molecular formula is C14H12N2O3. The van der Waals surface area contributed by atoms with Crippen LogP contribution in [0, 0.1) is 17.0 Å². The predicted octanol–water partition coefficient (Wildman–Crippen LogP) is 3.50. The Balaban J connectivity index is 1.96. The first-order valence-electron chi connectivity index (χ1n) is 5.92. The number of fused-ring (bicyclic) bond motifs is 1. The molecule has 0 N–H and O–H groups in total. The zero-order valence-corrected chi connectivity index (χ0v) is 10.4. The van der Waals surface area contributed by atoms with E-state index < -0.39 is 4.92 Å². The molecule has 0 aliphatic heterocycles. The van der Waals surface area contributed by atoms with Crippen LogP contribution in [-0.4, -0.2) is 9.49 Å². The molecule has 2 heterocycles. The van der Waals surface area contributed by atoms with Crippen LogP contribution in [0.2, 0.25) is 0 Å². The van der Waals surface area contributed by atoms with E-state index in [0.717, 1.165) is 10.9 Å². The van der Waals surface area contributed by atoms with Crippen molar-refractivity contribution >= 4 is 16.8 Å². The van der Waals surface area contributed by atoms with Crippen molar-refractivity contribution < 1.29 is 9.34 Å². The maximum atomic E-state index is 10.6. The maximum Gasteiger partial charge on any atom is 0.433 e. The summed E-state index contributed by atoms with van der Waals surface area (Å²) in [6, 6.07) is 11.3. The fourth-order valence-corrected chi connectivity index (χ4v) is 2.15. The first-order chi connectivity index (χ1) is 9.13. The van der Waals surface area contributed by atoms with Gasteiger partial charge in [-0.2, -0.15) is 0 Å². The number of hydrogen-bond acceptors (Lipinski definition) is 3. The van der Waals surface area contributed by atoms with Gasteiger partial charge in [0.1, 0.15) is 10.7 Å². The molecule has 0 unspecified atom stereocenters. The number of hydrogen-bond donors (Lipinski definition) is 0. The highest BCUT2D eigenvalue weighted by molar-refractivity contribution is 5.80. The van der Waals surface area contributed by atoms with Gasteiger partial charge in [-0.25, -0.2) is 0 Å². The minimum Gasteiger partial charge on any atom is -0.404 e. The molecule has 0 amide bonds. The van der Waals surface area contributed by atoms with Crippen molar-refractivity contribution in [2.24, 2.45) is 0 Å². The summed E-state index contributed by atoms with van der Waals surface area (Å²) in [6.45, 7) is 2.52. The Morgan fingerprint density at radius 2 is 2.11 bits per heavy atom. The van der Waals surface area contributed by atoms with Gasteiger partial charge < -0.3 is 8.98 Å². The van der Waals surface area contributed by atoms with E-state index >= 15 is 0 Å². The van der Waals surface area contributed by atoms with E-state index in [2.05, 4.69) is 18.2 Å². The summed E-state index contributed by atoms with van der Waals surface area (Å²) in [5, 5.41) is 11.7. The number of rotatable bonds is 3. The first-order valence-corrected chi connectivity index (χ1v) is 5.92. The second-order valence-corrected chi connectivity index (χ2v) is 4.50. The molecule has 5 nitrogen and oxygen atoms in total. The molecule has 0 radical (unpaired) electrons.